The average Bonchev–Trinajstić information content (AvgIpc) is 2.51. The summed E-state index contributed by atoms with van der Waals surface area (Å²) in [5, 5.41) is 15.9. The molecule has 2 atom stereocenters. The predicted molar refractivity (Wildman–Crippen MR) is 70.8 cm³/mol. The lowest BCUT2D eigenvalue weighted by atomic mass is 10.3. The van der Waals surface area contributed by atoms with E-state index in [0.29, 0.717) is 0 Å². The van der Waals surface area contributed by atoms with Crippen LogP contribution < -0.4 is 22.9 Å². The molecule has 0 aliphatic heterocycles. The van der Waals surface area contributed by atoms with Gasteiger partial charge in [0.15, 0.2) is 0 Å². The summed E-state index contributed by atoms with van der Waals surface area (Å²) in [7, 11) is 0. The highest BCUT2D eigenvalue weighted by molar-refractivity contribution is 5.89. The Bertz CT molecular complexity index is 389. The number of aliphatic hydroxyl groups excluding tert-OH is 1. The van der Waals surface area contributed by atoms with Gasteiger partial charge in [-0.25, -0.2) is 4.79 Å². The van der Waals surface area contributed by atoms with Gasteiger partial charge in [-0.15, -0.1) is 0 Å². The molecule has 0 spiro atoms. The maximum atomic E-state index is 11.0. The zero-order chi connectivity index (χ0) is 17.7. The Morgan fingerprint density at radius 1 is 0.955 bits per heavy atom. The van der Waals surface area contributed by atoms with Crippen molar-refractivity contribution in [1.82, 2.24) is 0 Å². The fourth-order valence-electron chi connectivity index (χ4n) is 0.617. The van der Waals surface area contributed by atoms with Crippen LogP contribution in [0.15, 0.2) is 0 Å². The highest BCUT2D eigenvalue weighted by Gasteiger charge is 2.19. The minimum absolute atomic E-state index is 0.316. The molecule has 0 amide bonds. The number of carboxylic acid groups (broad SMARTS) is 1. The third-order valence-electron chi connectivity index (χ3n) is 1.79. The first-order chi connectivity index (χ1) is 10.2. The van der Waals surface area contributed by atoms with Crippen molar-refractivity contribution in [3.05, 3.63) is 0 Å². The fraction of sp³-hybridized carbons (Fsp3) is 0.600. The monoisotopic (exact) mass is 324 g/mol. The zero-order valence-electron chi connectivity index (χ0n) is 11.6. The number of aliphatic carboxylic acids is 1. The number of carbonyl (C=O) groups excluding carboxylic acids is 3. The lowest BCUT2D eigenvalue weighted by Crippen LogP contribution is -2.40. The molecule has 0 aliphatic carbocycles. The first-order valence-corrected chi connectivity index (χ1v) is 5.84. The Kier molecular flexibility index (Phi) is 12.7. The molecule has 10 N–H and O–H groups in total. The van der Waals surface area contributed by atoms with E-state index in [2.05, 4.69) is 9.47 Å². The van der Waals surface area contributed by atoms with E-state index in [-0.39, 0.29) is 6.54 Å². The minimum Gasteiger partial charge on any atom is -0.480 e. The highest BCUT2D eigenvalue weighted by atomic mass is 16.6. The third kappa shape index (κ3) is 11.7. The summed E-state index contributed by atoms with van der Waals surface area (Å²) < 4.78 is 8.63. The van der Waals surface area contributed by atoms with E-state index in [4.69, 9.17) is 33.1 Å². The SMILES string of the molecule is NCC(=O)OC[C@H](N)C(=O)OC(=O)CN.N[C@@H](CO)C(=O)O. The molecule has 0 unspecified atom stereocenters. The number of rotatable bonds is 7. The van der Waals surface area contributed by atoms with E-state index in [1.807, 2.05) is 0 Å². The van der Waals surface area contributed by atoms with Crippen molar-refractivity contribution >= 4 is 23.9 Å². The van der Waals surface area contributed by atoms with Crippen molar-refractivity contribution < 1.29 is 38.9 Å². The van der Waals surface area contributed by atoms with Gasteiger partial charge in [-0.05, 0) is 0 Å². The number of nitrogens with two attached hydrogens (primary N) is 4. The van der Waals surface area contributed by atoms with Gasteiger partial charge in [0.2, 0.25) is 0 Å². The van der Waals surface area contributed by atoms with E-state index in [9.17, 15) is 19.2 Å². The summed E-state index contributed by atoms with van der Waals surface area (Å²) in [5.41, 5.74) is 19.8. The molecule has 0 bridgehead atoms. The standard InChI is InChI=1S/C7H13N3O5.C3H7NO3/c8-1-5(11)14-3-4(10)7(13)15-6(12)2-9;4-2(1-5)3(6)7/h4H,1-3,8-10H2;2,5H,1,4H2,(H,6,7)/t4-;2-/m00/s1. The van der Waals surface area contributed by atoms with Crippen molar-refractivity contribution in [3.63, 3.8) is 0 Å². The van der Waals surface area contributed by atoms with Gasteiger partial charge in [0, 0.05) is 0 Å². The number of esters is 3. The maximum Gasteiger partial charge on any atom is 0.334 e. The lowest BCUT2D eigenvalue weighted by molar-refractivity contribution is -0.161. The van der Waals surface area contributed by atoms with E-state index >= 15 is 0 Å². The van der Waals surface area contributed by atoms with Gasteiger partial charge in [0.25, 0.3) is 0 Å². The first kappa shape index (κ1) is 22.2. The van der Waals surface area contributed by atoms with Gasteiger partial charge >= 0.3 is 23.9 Å². The summed E-state index contributed by atoms with van der Waals surface area (Å²) in [6, 6.07) is -2.35. The topological polar surface area (TPSA) is 231 Å². The number of aliphatic hydroxyl groups is 1. The second-order valence-corrected chi connectivity index (χ2v) is 3.62. The molecule has 0 aromatic rings. The van der Waals surface area contributed by atoms with Crippen molar-refractivity contribution in [2.75, 3.05) is 26.3 Å². The van der Waals surface area contributed by atoms with Crippen LogP contribution in [-0.2, 0) is 28.7 Å². The highest BCUT2D eigenvalue weighted by Crippen LogP contribution is 1.89. The van der Waals surface area contributed by atoms with E-state index in [1.54, 1.807) is 0 Å². The van der Waals surface area contributed by atoms with Crippen LogP contribution >= 0.6 is 0 Å². The van der Waals surface area contributed by atoms with Crippen molar-refractivity contribution in [2.24, 2.45) is 22.9 Å². The number of hydrogen-bond acceptors (Lipinski definition) is 11. The Hall–Kier alpha value is -2.12. The van der Waals surface area contributed by atoms with Crippen LogP contribution in [0.5, 0.6) is 0 Å². The van der Waals surface area contributed by atoms with Crippen molar-refractivity contribution in [2.45, 2.75) is 12.1 Å². The fourth-order valence-corrected chi connectivity index (χ4v) is 0.617. The summed E-state index contributed by atoms with van der Waals surface area (Å²) >= 11 is 0. The Morgan fingerprint density at radius 3 is 1.77 bits per heavy atom. The molecule has 22 heavy (non-hydrogen) atoms. The molecule has 0 aromatic heterocycles. The molecule has 12 nitrogen and oxygen atoms in total. The molecular formula is C10H20N4O8. The first-order valence-electron chi connectivity index (χ1n) is 5.84. The quantitative estimate of drug-likeness (QED) is 0.191. The summed E-state index contributed by atoms with van der Waals surface area (Å²) in [5.74, 6) is -3.79. The Labute approximate surface area is 125 Å². The van der Waals surface area contributed by atoms with Crippen LogP contribution in [0.3, 0.4) is 0 Å². The number of ether oxygens (including phenoxy) is 2. The summed E-state index contributed by atoms with van der Waals surface area (Å²) in [6.45, 7) is -1.65. The smallest absolute Gasteiger partial charge is 0.334 e. The second-order valence-electron chi connectivity index (χ2n) is 3.62. The second kappa shape index (κ2) is 12.6. The van der Waals surface area contributed by atoms with Gasteiger partial charge in [0.05, 0.1) is 19.7 Å². The molecule has 0 aromatic carbocycles. The predicted octanol–water partition coefficient (Wildman–Crippen LogP) is -4.77. The molecule has 0 saturated carbocycles. The molecule has 0 fully saturated rings. The Morgan fingerprint density at radius 2 is 1.45 bits per heavy atom. The molecule has 128 valence electrons. The zero-order valence-corrected chi connectivity index (χ0v) is 11.6. The van der Waals surface area contributed by atoms with Crippen LogP contribution in [0.2, 0.25) is 0 Å². The normalized spacial score (nSPS) is 12.2. The van der Waals surface area contributed by atoms with Gasteiger partial charge in [-0.1, -0.05) is 0 Å². The van der Waals surface area contributed by atoms with Gasteiger partial charge in [0.1, 0.15) is 18.7 Å². The van der Waals surface area contributed by atoms with E-state index in [1.165, 1.54) is 0 Å². The molecule has 0 rings (SSSR count). The Balaban J connectivity index is 0. The number of hydrogen-bond donors (Lipinski definition) is 6. The molecular weight excluding hydrogens is 304 g/mol. The van der Waals surface area contributed by atoms with Gasteiger partial charge in [-0.3, -0.25) is 14.4 Å². The van der Waals surface area contributed by atoms with Gasteiger partial charge < -0.3 is 42.6 Å². The number of carbonyl (C=O) groups is 4. The maximum absolute atomic E-state index is 11.0. The van der Waals surface area contributed by atoms with Crippen LogP contribution in [0.4, 0.5) is 0 Å². The molecule has 0 radical (unpaired) electrons. The lowest BCUT2D eigenvalue weighted by Gasteiger charge is -2.09. The molecule has 0 aliphatic rings. The summed E-state index contributed by atoms with van der Waals surface area (Å²) in [4.78, 5) is 41.8. The van der Waals surface area contributed by atoms with Gasteiger partial charge in [-0.2, -0.15) is 0 Å². The van der Waals surface area contributed by atoms with E-state index < -0.39 is 55.7 Å². The molecule has 12 heteroatoms. The van der Waals surface area contributed by atoms with Crippen molar-refractivity contribution in [1.29, 1.82) is 0 Å². The van der Waals surface area contributed by atoms with Crippen LogP contribution in [-0.4, -0.2) is 72.5 Å². The van der Waals surface area contributed by atoms with Crippen LogP contribution in [0.1, 0.15) is 0 Å². The van der Waals surface area contributed by atoms with Crippen LogP contribution in [0, 0.1) is 0 Å². The van der Waals surface area contributed by atoms with E-state index in [0.717, 1.165) is 0 Å². The molecule has 0 saturated heterocycles. The largest absolute Gasteiger partial charge is 0.480 e. The third-order valence-corrected chi connectivity index (χ3v) is 1.79. The van der Waals surface area contributed by atoms with Crippen molar-refractivity contribution in [3.8, 4) is 0 Å². The minimum atomic E-state index is -1.23. The molecule has 0 heterocycles. The van der Waals surface area contributed by atoms with Crippen LogP contribution in [0.25, 0.3) is 0 Å². The number of carboxylic acids is 1. The average molecular weight is 324 g/mol. The summed E-state index contributed by atoms with van der Waals surface area (Å²) in [6.07, 6.45) is 0.